The summed E-state index contributed by atoms with van der Waals surface area (Å²) in [6.07, 6.45) is 11.0. The molecular weight excluding hydrogens is 601 g/mol. The first-order chi connectivity index (χ1) is 21.4. The van der Waals surface area contributed by atoms with Gasteiger partial charge in [-0.15, -0.1) is 0 Å². The number of rotatable bonds is 12. The highest BCUT2D eigenvalue weighted by Gasteiger charge is 2.55. The second-order valence-corrected chi connectivity index (χ2v) is 14.1. The minimum Gasteiger partial charge on any atom is -0.505 e. The van der Waals surface area contributed by atoms with Gasteiger partial charge in [-0.1, -0.05) is 19.1 Å². The molecule has 1 aromatic carbocycles. The zero-order chi connectivity index (χ0) is 32.4. The van der Waals surface area contributed by atoms with E-state index in [4.69, 9.17) is 19.7 Å². The molecule has 0 saturated heterocycles. The fourth-order valence-electron chi connectivity index (χ4n) is 8.22. The van der Waals surface area contributed by atoms with Gasteiger partial charge in [-0.05, 0) is 97.8 Å². The van der Waals surface area contributed by atoms with Crippen molar-refractivity contribution in [2.75, 3.05) is 32.5 Å². The van der Waals surface area contributed by atoms with Crippen LogP contribution in [0.4, 0.5) is 5.69 Å². The molecule has 7 N–H and O–H groups in total. The van der Waals surface area contributed by atoms with Gasteiger partial charge in [0.25, 0.3) is 5.91 Å². The van der Waals surface area contributed by atoms with Crippen molar-refractivity contribution in [3.63, 3.8) is 0 Å². The third-order valence-corrected chi connectivity index (χ3v) is 10.9. The first-order valence-electron chi connectivity index (χ1n) is 15.9. The number of benzene rings is 1. The molecule has 5 rings (SSSR count). The number of hydrogen-bond acceptors (Lipinski definition) is 8. The van der Waals surface area contributed by atoms with E-state index in [1.54, 1.807) is 0 Å². The number of hydrogen-bond donors (Lipinski definition) is 6. The predicted molar refractivity (Wildman–Crippen MR) is 167 cm³/mol. The Balaban J connectivity index is 1.03. The highest BCUT2D eigenvalue weighted by molar-refractivity contribution is 7.46. The Kier molecular flexibility index (Phi) is 10.3. The van der Waals surface area contributed by atoms with Gasteiger partial charge in [0.1, 0.15) is 11.3 Å². The van der Waals surface area contributed by atoms with E-state index in [1.807, 2.05) is 6.08 Å². The van der Waals surface area contributed by atoms with Gasteiger partial charge < -0.3 is 40.7 Å². The van der Waals surface area contributed by atoms with Crippen LogP contribution in [0.15, 0.2) is 35.4 Å². The van der Waals surface area contributed by atoms with E-state index in [2.05, 4.69) is 23.6 Å². The van der Waals surface area contributed by atoms with Crippen LogP contribution in [0.5, 0.6) is 11.5 Å². The van der Waals surface area contributed by atoms with Crippen molar-refractivity contribution in [2.24, 2.45) is 23.2 Å². The number of allylic oxidation sites excluding steroid dienone is 2. The average molecular weight is 648 g/mol. The van der Waals surface area contributed by atoms with Gasteiger partial charge in [0.05, 0.1) is 31.6 Å². The zero-order valence-corrected chi connectivity index (χ0v) is 26.9. The summed E-state index contributed by atoms with van der Waals surface area (Å²) in [6, 6.07) is 2.99. The summed E-state index contributed by atoms with van der Waals surface area (Å²) >= 11 is 0. The van der Waals surface area contributed by atoms with Gasteiger partial charge in [-0.2, -0.15) is 0 Å². The molecule has 1 aromatic rings. The maximum Gasteiger partial charge on any atom is 0.470 e. The third-order valence-electron chi connectivity index (χ3n) is 10.3. The van der Waals surface area contributed by atoms with Gasteiger partial charge in [0, 0.05) is 19.5 Å². The third kappa shape index (κ3) is 7.41. The molecule has 4 aliphatic carbocycles. The van der Waals surface area contributed by atoms with Gasteiger partial charge >= 0.3 is 7.82 Å². The number of amides is 2. The summed E-state index contributed by atoms with van der Waals surface area (Å²) in [5, 5.41) is 15.8. The smallest absolute Gasteiger partial charge is 0.470 e. The molecule has 6 unspecified atom stereocenters. The second-order valence-electron chi connectivity index (χ2n) is 12.9. The number of methoxy groups -OCH3 is 1. The molecule has 3 saturated carbocycles. The Hall–Kier alpha value is -2.89. The quantitative estimate of drug-likeness (QED) is 0.0838. The lowest BCUT2D eigenvalue weighted by molar-refractivity contribution is -0.124. The largest absolute Gasteiger partial charge is 0.505 e. The number of nitrogen functional groups attached to an aromatic ring is 1. The van der Waals surface area contributed by atoms with Crippen molar-refractivity contribution in [2.45, 2.75) is 76.9 Å². The summed E-state index contributed by atoms with van der Waals surface area (Å²) in [5.74, 6) is 0.870. The van der Waals surface area contributed by atoms with Crippen LogP contribution in [0.1, 0.15) is 75.1 Å². The molecule has 0 spiro atoms. The monoisotopic (exact) mass is 647 g/mol. The Bertz CT molecular complexity index is 1390. The van der Waals surface area contributed by atoms with E-state index in [1.165, 1.54) is 30.4 Å². The summed E-state index contributed by atoms with van der Waals surface area (Å²) in [7, 11) is -3.12. The number of fused-ring (bicyclic) bond motifs is 5. The maximum atomic E-state index is 12.5. The maximum absolute atomic E-state index is 12.5. The normalized spacial score (nSPS) is 29.0. The number of phenols is 1. The summed E-state index contributed by atoms with van der Waals surface area (Å²) in [5.41, 5.74) is 8.38. The van der Waals surface area contributed by atoms with Gasteiger partial charge in [0.2, 0.25) is 5.91 Å². The first-order valence-corrected chi connectivity index (χ1v) is 17.4. The Morgan fingerprint density at radius 3 is 2.67 bits per heavy atom. The molecule has 12 nitrogen and oxygen atoms in total. The van der Waals surface area contributed by atoms with Crippen molar-refractivity contribution in [1.82, 2.24) is 10.6 Å². The summed E-state index contributed by atoms with van der Waals surface area (Å²) in [4.78, 5) is 43.4. The Labute approximate surface area is 264 Å². The molecule has 0 aliphatic heterocycles. The first kappa shape index (κ1) is 33.5. The van der Waals surface area contributed by atoms with E-state index in [-0.39, 0.29) is 46.6 Å². The van der Waals surface area contributed by atoms with Crippen LogP contribution in [0.25, 0.3) is 0 Å². The molecule has 2 amide bonds. The van der Waals surface area contributed by atoms with E-state index < -0.39 is 19.8 Å². The second kappa shape index (κ2) is 13.8. The number of anilines is 1. The molecule has 13 heteroatoms. The lowest BCUT2D eigenvalue weighted by Gasteiger charge is -2.52. The van der Waals surface area contributed by atoms with Crippen LogP contribution < -0.4 is 21.1 Å². The molecule has 6 atom stereocenters. The number of phosphoric ester groups is 1. The highest BCUT2D eigenvalue weighted by Crippen LogP contribution is 2.62. The Morgan fingerprint density at radius 1 is 1.13 bits per heavy atom. The lowest BCUT2D eigenvalue weighted by atomic mass is 9.54. The SMILES string of the molecule is COc1ccc(N)c(O)c1C(=O)NCCCNC(=O)CCOC1CCC2C3CCC4=CC(OP(=O)(O)O)CC=C4C3CCC12C. The number of carbonyl (C=O) groups excluding carboxylic acids is 2. The molecule has 0 radical (unpaired) electrons. The number of phenolic OH excluding ortho intramolecular Hbond substituents is 1. The average Bonchev–Trinajstić information content (AvgIpc) is 3.33. The minimum absolute atomic E-state index is 0.0181. The van der Waals surface area contributed by atoms with Crippen LogP contribution in [0.3, 0.4) is 0 Å². The minimum atomic E-state index is -4.52. The molecule has 248 valence electrons. The number of ether oxygens (including phenoxy) is 2. The fraction of sp³-hybridized carbons (Fsp3) is 0.625. The molecule has 0 aromatic heterocycles. The van der Waals surface area contributed by atoms with Crippen molar-refractivity contribution < 1.29 is 43.0 Å². The molecule has 0 bridgehead atoms. The number of nitrogens with two attached hydrogens (primary N) is 1. The number of aromatic hydroxyl groups is 1. The molecule has 4 aliphatic rings. The van der Waals surface area contributed by atoms with E-state index in [9.17, 15) is 29.0 Å². The van der Waals surface area contributed by atoms with Gasteiger partial charge in [0.15, 0.2) is 5.75 Å². The van der Waals surface area contributed by atoms with Crippen LogP contribution in [0.2, 0.25) is 0 Å². The van der Waals surface area contributed by atoms with Crippen LogP contribution in [0, 0.1) is 23.2 Å². The molecule has 45 heavy (non-hydrogen) atoms. The van der Waals surface area contributed by atoms with Crippen molar-refractivity contribution in [3.8, 4) is 11.5 Å². The predicted octanol–water partition coefficient (Wildman–Crippen LogP) is 3.97. The van der Waals surface area contributed by atoms with Crippen molar-refractivity contribution >= 4 is 25.3 Å². The zero-order valence-electron chi connectivity index (χ0n) is 26.0. The van der Waals surface area contributed by atoms with Crippen molar-refractivity contribution in [1.29, 1.82) is 0 Å². The van der Waals surface area contributed by atoms with Gasteiger partial charge in [-0.25, -0.2) is 4.57 Å². The number of carbonyl (C=O) groups is 2. The van der Waals surface area contributed by atoms with Crippen LogP contribution in [-0.4, -0.2) is 65.7 Å². The molecular formula is C32H46N3O9P. The molecule has 0 heterocycles. The van der Waals surface area contributed by atoms with Crippen LogP contribution >= 0.6 is 7.82 Å². The Morgan fingerprint density at radius 2 is 1.91 bits per heavy atom. The topological polar surface area (TPSA) is 190 Å². The van der Waals surface area contributed by atoms with E-state index in [0.29, 0.717) is 50.3 Å². The number of phosphoric acid groups is 1. The summed E-state index contributed by atoms with van der Waals surface area (Å²) < 4.78 is 27.8. The number of nitrogens with one attached hydrogen (secondary N) is 2. The summed E-state index contributed by atoms with van der Waals surface area (Å²) in [6.45, 7) is 3.40. The fourth-order valence-corrected chi connectivity index (χ4v) is 8.72. The highest BCUT2D eigenvalue weighted by atomic mass is 31.2. The van der Waals surface area contributed by atoms with E-state index >= 15 is 0 Å². The van der Waals surface area contributed by atoms with E-state index in [0.717, 1.165) is 38.5 Å². The lowest BCUT2D eigenvalue weighted by Crippen LogP contribution is -2.46. The van der Waals surface area contributed by atoms with Crippen molar-refractivity contribution in [3.05, 3.63) is 41.0 Å². The van der Waals surface area contributed by atoms with Crippen LogP contribution in [-0.2, 0) is 18.6 Å². The standard InChI is InChI=1S/C32H46N3O9P/c1-32-14-12-22-21-7-5-20(44-45(39,40)41)18-19(21)4-6-23(22)24(32)8-11-27(32)43-17-13-28(36)34-15-3-16-35-31(38)29-26(42-2)10-9-25(33)30(29)37/h7,9-10,18,20,22-24,27,37H,3-6,8,11-17,33H2,1-2H3,(H,34,36)(H,35,38)(H2,39,40,41). The van der Waals surface area contributed by atoms with Gasteiger partial charge in [-0.3, -0.25) is 14.1 Å². The molecule has 3 fully saturated rings.